The molecule has 1 heterocycles. The van der Waals surface area contributed by atoms with E-state index in [1.54, 1.807) is 0 Å². The summed E-state index contributed by atoms with van der Waals surface area (Å²) in [7, 11) is 0. The second-order valence-corrected chi connectivity index (χ2v) is 3.35. The van der Waals surface area contributed by atoms with E-state index >= 15 is 0 Å². The Balaban J connectivity index is 2.00. The molecule has 1 aliphatic rings. The molecule has 0 aliphatic carbocycles. The van der Waals surface area contributed by atoms with E-state index in [1.807, 2.05) is 0 Å². The molecular formula is C10H20O2. The van der Waals surface area contributed by atoms with E-state index in [4.69, 9.17) is 9.47 Å². The highest BCUT2D eigenvalue weighted by Crippen LogP contribution is 2.02. The van der Waals surface area contributed by atoms with Crippen LogP contribution in [0.2, 0.25) is 0 Å². The summed E-state index contributed by atoms with van der Waals surface area (Å²) in [5.41, 5.74) is 0. The van der Waals surface area contributed by atoms with Crippen molar-refractivity contribution in [1.29, 1.82) is 0 Å². The molecule has 0 aromatic heterocycles. The fourth-order valence-electron chi connectivity index (χ4n) is 1.37. The van der Waals surface area contributed by atoms with E-state index < -0.39 is 0 Å². The lowest BCUT2D eigenvalue weighted by atomic mass is 10.2. The van der Waals surface area contributed by atoms with Crippen LogP contribution in [0.25, 0.3) is 0 Å². The van der Waals surface area contributed by atoms with Gasteiger partial charge >= 0.3 is 0 Å². The van der Waals surface area contributed by atoms with Crippen molar-refractivity contribution < 1.29 is 9.47 Å². The maximum atomic E-state index is 5.47. The van der Waals surface area contributed by atoms with Gasteiger partial charge in [0.05, 0.1) is 0 Å². The Bertz CT molecular complexity index is 50.8. The first-order valence-corrected chi connectivity index (χ1v) is 5.15. The normalized spacial score (nSPS) is 24.0. The molecule has 1 saturated heterocycles. The van der Waals surface area contributed by atoms with Crippen molar-refractivity contribution in [2.45, 2.75) is 38.5 Å². The van der Waals surface area contributed by atoms with Gasteiger partial charge in [0, 0.05) is 26.4 Å². The zero-order chi connectivity index (χ0) is 8.49. The Morgan fingerprint density at radius 1 is 0.417 bits per heavy atom. The molecule has 2 nitrogen and oxygen atoms in total. The maximum Gasteiger partial charge on any atom is 0.0466 e. The van der Waals surface area contributed by atoms with Gasteiger partial charge in [-0.25, -0.2) is 0 Å². The topological polar surface area (TPSA) is 18.5 Å². The summed E-state index contributed by atoms with van der Waals surface area (Å²) in [6, 6.07) is 0. The Morgan fingerprint density at radius 2 is 0.750 bits per heavy atom. The molecule has 0 aromatic carbocycles. The van der Waals surface area contributed by atoms with E-state index in [9.17, 15) is 0 Å². The van der Waals surface area contributed by atoms with Gasteiger partial charge in [0.2, 0.25) is 0 Å². The van der Waals surface area contributed by atoms with Gasteiger partial charge in [0.1, 0.15) is 0 Å². The van der Waals surface area contributed by atoms with Crippen LogP contribution in [0.3, 0.4) is 0 Å². The fourth-order valence-corrected chi connectivity index (χ4v) is 1.37. The van der Waals surface area contributed by atoms with Gasteiger partial charge in [-0.2, -0.15) is 0 Å². The van der Waals surface area contributed by atoms with Gasteiger partial charge in [0.25, 0.3) is 0 Å². The van der Waals surface area contributed by atoms with Crippen LogP contribution in [0.5, 0.6) is 0 Å². The second-order valence-electron chi connectivity index (χ2n) is 3.35. The first-order chi connectivity index (χ1) is 6.00. The second kappa shape index (κ2) is 7.56. The summed E-state index contributed by atoms with van der Waals surface area (Å²) in [4.78, 5) is 0. The SMILES string of the molecule is C1CCOCCCCCOCC1. The molecule has 0 unspecified atom stereocenters. The Morgan fingerprint density at radius 3 is 1.08 bits per heavy atom. The minimum atomic E-state index is 0.944. The lowest BCUT2D eigenvalue weighted by molar-refractivity contribution is 0.0969. The predicted molar refractivity (Wildman–Crippen MR) is 49.3 cm³/mol. The average molecular weight is 172 g/mol. The van der Waals surface area contributed by atoms with Crippen molar-refractivity contribution in [3.05, 3.63) is 0 Å². The number of hydrogen-bond acceptors (Lipinski definition) is 2. The van der Waals surface area contributed by atoms with Crippen LogP contribution in [-0.4, -0.2) is 26.4 Å². The molecule has 0 spiro atoms. The van der Waals surface area contributed by atoms with Crippen molar-refractivity contribution in [2.75, 3.05) is 26.4 Å². The van der Waals surface area contributed by atoms with Crippen LogP contribution >= 0.6 is 0 Å². The van der Waals surface area contributed by atoms with Crippen molar-refractivity contribution in [3.8, 4) is 0 Å². The summed E-state index contributed by atoms with van der Waals surface area (Å²) in [6.45, 7) is 3.78. The van der Waals surface area contributed by atoms with E-state index in [0.29, 0.717) is 0 Å². The number of rotatable bonds is 0. The van der Waals surface area contributed by atoms with E-state index in [0.717, 1.165) is 26.4 Å². The van der Waals surface area contributed by atoms with Crippen molar-refractivity contribution >= 4 is 0 Å². The molecule has 0 saturated carbocycles. The summed E-state index contributed by atoms with van der Waals surface area (Å²) >= 11 is 0. The van der Waals surface area contributed by atoms with Crippen molar-refractivity contribution in [3.63, 3.8) is 0 Å². The number of ether oxygens (including phenoxy) is 2. The van der Waals surface area contributed by atoms with Gasteiger partial charge in [-0.3, -0.25) is 0 Å². The molecule has 0 radical (unpaired) electrons. The summed E-state index contributed by atoms with van der Waals surface area (Å²) in [5, 5.41) is 0. The average Bonchev–Trinajstić information content (AvgIpc) is 2.05. The van der Waals surface area contributed by atoms with Crippen LogP contribution in [0.4, 0.5) is 0 Å². The standard InChI is InChI=1S/C10H20O2/c1-3-7-11-9-5-2-6-10-12-8-4-1/h1-10H2. The van der Waals surface area contributed by atoms with Gasteiger partial charge in [-0.1, -0.05) is 0 Å². The van der Waals surface area contributed by atoms with Crippen LogP contribution in [-0.2, 0) is 9.47 Å². The Kier molecular flexibility index (Phi) is 6.30. The molecular weight excluding hydrogens is 152 g/mol. The van der Waals surface area contributed by atoms with Gasteiger partial charge < -0.3 is 9.47 Å². The zero-order valence-corrected chi connectivity index (χ0v) is 7.89. The highest BCUT2D eigenvalue weighted by Gasteiger charge is 1.95. The van der Waals surface area contributed by atoms with Crippen molar-refractivity contribution in [2.24, 2.45) is 0 Å². The molecule has 0 aromatic rings. The molecule has 0 N–H and O–H groups in total. The van der Waals surface area contributed by atoms with E-state index in [2.05, 4.69) is 0 Å². The Hall–Kier alpha value is -0.0800. The highest BCUT2D eigenvalue weighted by molar-refractivity contribution is 4.45. The lowest BCUT2D eigenvalue weighted by Gasteiger charge is -2.08. The summed E-state index contributed by atoms with van der Waals surface area (Å²) in [5.74, 6) is 0. The van der Waals surface area contributed by atoms with E-state index in [-0.39, 0.29) is 0 Å². The minimum absolute atomic E-state index is 0.944. The largest absolute Gasteiger partial charge is 0.381 e. The molecule has 0 bridgehead atoms. The molecule has 1 rings (SSSR count). The van der Waals surface area contributed by atoms with Gasteiger partial charge in [0.15, 0.2) is 0 Å². The quantitative estimate of drug-likeness (QED) is 0.558. The molecule has 2 heteroatoms. The third-order valence-corrected chi connectivity index (χ3v) is 2.15. The van der Waals surface area contributed by atoms with Crippen LogP contribution in [0, 0.1) is 0 Å². The Labute approximate surface area is 75.2 Å². The highest BCUT2D eigenvalue weighted by atomic mass is 16.5. The molecule has 12 heavy (non-hydrogen) atoms. The fraction of sp³-hybridized carbons (Fsp3) is 1.00. The van der Waals surface area contributed by atoms with E-state index in [1.165, 1.54) is 38.5 Å². The molecule has 0 atom stereocenters. The summed E-state index contributed by atoms with van der Waals surface area (Å²) in [6.07, 6.45) is 7.29. The molecule has 72 valence electrons. The number of hydrogen-bond donors (Lipinski definition) is 0. The predicted octanol–water partition coefficient (Wildman–Crippen LogP) is 2.37. The minimum Gasteiger partial charge on any atom is -0.381 e. The van der Waals surface area contributed by atoms with Crippen LogP contribution < -0.4 is 0 Å². The van der Waals surface area contributed by atoms with Crippen LogP contribution in [0.15, 0.2) is 0 Å². The zero-order valence-electron chi connectivity index (χ0n) is 7.89. The van der Waals surface area contributed by atoms with Gasteiger partial charge in [-0.15, -0.1) is 0 Å². The first kappa shape index (κ1) is 10.0. The van der Waals surface area contributed by atoms with Crippen molar-refractivity contribution in [1.82, 2.24) is 0 Å². The van der Waals surface area contributed by atoms with Crippen LogP contribution in [0.1, 0.15) is 38.5 Å². The molecule has 0 amide bonds. The summed E-state index contributed by atoms with van der Waals surface area (Å²) < 4.78 is 10.9. The van der Waals surface area contributed by atoms with Gasteiger partial charge in [-0.05, 0) is 38.5 Å². The first-order valence-electron chi connectivity index (χ1n) is 5.15. The third-order valence-electron chi connectivity index (χ3n) is 2.15. The monoisotopic (exact) mass is 172 g/mol. The lowest BCUT2D eigenvalue weighted by Crippen LogP contribution is -2.03. The molecule has 1 fully saturated rings. The molecule has 1 aliphatic heterocycles. The smallest absolute Gasteiger partial charge is 0.0466 e. The third kappa shape index (κ3) is 5.56. The maximum absolute atomic E-state index is 5.47.